The van der Waals surface area contributed by atoms with Crippen molar-refractivity contribution < 1.29 is 18.0 Å². The van der Waals surface area contributed by atoms with E-state index in [9.17, 15) is 18.0 Å². The minimum atomic E-state index is -4.56. The Balaban J connectivity index is 1.52. The molecule has 0 aliphatic heterocycles. The van der Waals surface area contributed by atoms with Crippen LogP contribution in [0.4, 0.5) is 34.6 Å². The van der Waals surface area contributed by atoms with E-state index in [2.05, 4.69) is 25.7 Å². The second-order valence-electron chi connectivity index (χ2n) is 6.51. The molecule has 0 aliphatic carbocycles. The molecule has 0 bridgehead atoms. The predicted molar refractivity (Wildman–Crippen MR) is 112 cm³/mol. The van der Waals surface area contributed by atoms with E-state index in [0.717, 1.165) is 28.5 Å². The van der Waals surface area contributed by atoms with E-state index >= 15 is 0 Å². The molecule has 2 amide bonds. The summed E-state index contributed by atoms with van der Waals surface area (Å²) in [5.74, 6) is 0.355. The van der Waals surface area contributed by atoms with Gasteiger partial charge in [-0.05, 0) is 29.7 Å². The predicted octanol–water partition coefficient (Wildman–Crippen LogP) is 4.66. The lowest BCUT2D eigenvalue weighted by molar-refractivity contribution is -0.140. The summed E-state index contributed by atoms with van der Waals surface area (Å²) >= 11 is 0.693. The number of nitrogens with two attached hydrogens (primary N) is 1. The number of nitrogens with zero attached hydrogens (tertiary/aromatic N) is 4. The van der Waals surface area contributed by atoms with Gasteiger partial charge in [-0.15, -0.1) is 11.3 Å². The molecule has 0 unspecified atom stereocenters. The normalized spacial score (nSPS) is 11.6. The molecule has 0 radical (unpaired) electrons. The van der Waals surface area contributed by atoms with Gasteiger partial charge in [0, 0.05) is 22.8 Å². The smallest absolute Gasteiger partial charge is 0.382 e. The Morgan fingerprint density at radius 3 is 2.61 bits per heavy atom. The Morgan fingerprint density at radius 1 is 1.23 bits per heavy atom. The molecule has 0 atom stereocenters. The molecular formula is C19H16F3N7OS. The van der Waals surface area contributed by atoms with Gasteiger partial charge in [0.05, 0.1) is 0 Å². The van der Waals surface area contributed by atoms with Gasteiger partial charge in [0.2, 0.25) is 0 Å². The summed E-state index contributed by atoms with van der Waals surface area (Å²) in [6.45, 7) is 2.02. The largest absolute Gasteiger partial charge is 0.434 e. The van der Waals surface area contributed by atoms with Crippen molar-refractivity contribution in [2.75, 3.05) is 16.4 Å². The van der Waals surface area contributed by atoms with Gasteiger partial charge < -0.3 is 11.1 Å². The number of benzene rings is 1. The average Bonchev–Trinajstić information content (AvgIpc) is 3.33. The number of nitrogen functional groups attached to an aromatic ring is 1. The first-order chi connectivity index (χ1) is 14.8. The van der Waals surface area contributed by atoms with Crippen molar-refractivity contribution in [1.82, 2.24) is 19.6 Å². The van der Waals surface area contributed by atoms with Crippen molar-refractivity contribution in [3.05, 3.63) is 53.4 Å². The number of nitrogens with one attached hydrogen (secondary N) is 2. The number of aromatic nitrogens is 4. The highest BCUT2D eigenvalue weighted by Crippen LogP contribution is 2.34. The lowest BCUT2D eigenvalue weighted by Crippen LogP contribution is -2.19. The van der Waals surface area contributed by atoms with E-state index < -0.39 is 17.9 Å². The zero-order valence-electron chi connectivity index (χ0n) is 16.1. The lowest BCUT2D eigenvalue weighted by atomic mass is 10.0. The number of alkyl halides is 3. The summed E-state index contributed by atoms with van der Waals surface area (Å²) in [4.78, 5) is 19.5. The number of carbonyl (C=O) groups excluding carboxylic acids is 1. The monoisotopic (exact) mass is 447 g/mol. The number of halogens is 3. The molecule has 0 saturated carbocycles. The van der Waals surface area contributed by atoms with Gasteiger partial charge in [0.15, 0.2) is 16.6 Å². The molecule has 3 aromatic heterocycles. The van der Waals surface area contributed by atoms with Crippen LogP contribution in [0, 0.1) is 0 Å². The van der Waals surface area contributed by atoms with E-state index in [1.165, 1.54) is 6.33 Å². The maximum atomic E-state index is 12.6. The van der Waals surface area contributed by atoms with Crippen molar-refractivity contribution >= 4 is 39.5 Å². The SMILES string of the molecule is CCc1cn2ncnc(N)c2c1-c1ccc(NC(=O)Nc2nc(C(F)(F)F)cs2)cc1. The maximum Gasteiger partial charge on any atom is 0.434 e. The number of amides is 2. The molecule has 4 rings (SSSR count). The Morgan fingerprint density at radius 2 is 1.97 bits per heavy atom. The molecule has 0 spiro atoms. The molecule has 8 nitrogen and oxygen atoms in total. The fraction of sp³-hybridized carbons (Fsp3) is 0.158. The summed E-state index contributed by atoms with van der Waals surface area (Å²) in [5.41, 5.74) is 8.95. The number of thiazole rings is 1. The summed E-state index contributed by atoms with van der Waals surface area (Å²) in [6, 6.07) is 6.28. The highest BCUT2D eigenvalue weighted by Gasteiger charge is 2.33. The molecule has 31 heavy (non-hydrogen) atoms. The first kappa shape index (κ1) is 20.6. The van der Waals surface area contributed by atoms with E-state index in [1.807, 2.05) is 25.3 Å². The number of aryl methyl sites for hydroxylation is 1. The fourth-order valence-electron chi connectivity index (χ4n) is 3.12. The first-order valence-corrected chi connectivity index (χ1v) is 9.96. The number of carbonyl (C=O) groups is 1. The second kappa shape index (κ2) is 7.87. The molecule has 1 aromatic carbocycles. The van der Waals surface area contributed by atoms with Crippen molar-refractivity contribution in [1.29, 1.82) is 0 Å². The molecule has 0 fully saturated rings. The zero-order chi connectivity index (χ0) is 22.2. The van der Waals surface area contributed by atoms with Crippen molar-refractivity contribution in [2.24, 2.45) is 0 Å². The van der Waals surface area contributed by atoms with E-state index in [4.69, 9.17) is 5.73 Å². The summed E-state index contributed by atoms with van der Waals surface area (Å²) < 4.78 is 39.5. The molecule has 0 aliphatic rings. The number of urea groups is 1. The summed E-state index contributed by atoms with van der Waals surface area (Å²) in [7, 11) is 0. The maximum absolute atomic E-state index is 12.6. The van der Waals surface area contributed by atoms with E-state index in [-0.39, 0.29) is 5.13 Å². The molecule has 12 heteroatoms. The zero-order valence-corrected chi connectivity index (χ0v) is 16.9. The third-order valence-electron chi connectivity index (χ3n) is 4.51. The van der Waals surface area contributed by atoms with E-state index in [0.29, 0.717) is 28.4 Å². The number of hydrogen-bond donors (Lipinski definition) is 3. The number of rotatable bonds is 4. The molecule has 3 heterocycles. The van der Waals surface area contributed by atoms with E-state index in [1.54, 1.807) is 16.6 Å². The number of hydrogen-bond acceptors (Lipinski definition) is 6. The highest BCUT2D eigenvalue weighted by molar-refractivity contribution is 7.14. The van der Waals surface area contributed by atoms with Crippen LogP contribution >= 0.6 is 11.3 Å². The van der Waals surface area contributed by atoms with Crippen molar-refractivity contribution in [3.63, 3.8) is 0 Å². The van der Waals surface area contributed by atoms with Gasteiger partial charge in [0.1, 0.15) is 11.8 Å². The molecule has 4 N–H and O–H groups in total. The van der Waals surface area contributed by atoms with Gasteiger partial charge in [-0.1, -0.05) is 19.1 Å². The number of fused-ring (bicyclic) bond motifs is 1. The van der Waals surface area contributed by atoms with Crippen molar-refractivity contribution in [3.8, 4) is 11.1 Å². The van der Waals surface area contributed by atoms with Crippen LogP contribution in [-0.4, -0.2) is 25.6 Å². The highest BCUT2D eigenvalue weighted by atomic mass is 32.1. The quantitative estimate of drug-likeness (QED) is 0.421. The van der Waals surface area contributed by atoms with Crippen LogP contribution in [0.5, 0.6) is 0 Å². The van der Waals surface area contributed by atoms with Gasteiger partial charge in [-0.3, -0.25) is 5.32 Å². The second-order valence-corrected chi connectivity index (χ2v) is 7.37. The topological polar surface area (TPSA) is 110 Å². The van der Waals surface area contributed by atoms with Crippen LogP contribution in [0.15, 0.2) is 42.2 Å². The van der Waals surface area contributed by atoms with Crippen molar-refractivity contribution in [2.45, 2.75) is 19.5 Å². The molecule has 0 saturated heterocycles. The first-order valence-electron chi connectivity index (χ1n) is 9.08. The van der Waals surface area contributed by atoms with Gasteiger partial charge >= 0.3 is 12.2 Å². The average molecular weight is 447 g/mol. The fourth-order valence-corrected chi connectivity index (χ4v) is 3.83. The molecule has 4 aromatic rings. The van der Waals surface area contributed by atoms with Gasteiger partial charge in [0.25, 0.3) is 0 Å². The third kappa shape index (κ3) is 4.14. The summed E-state index contributed by atoms with van der Waals surface area (Å²) in [5, 5.41) is 9.75. The van der Waals surface area contributed by atoms with Crippen LogP contribution < -0.4 is 16.4 Å². The van der Waals surface area contributed by atoms with Gasteiger partial charge in [-0.2, -0.15) is 18.3 Å². The Bertz CT molecular complexity index is 1250. The Kier molecular flexibility index (Phi) is 5.23. The minimum Gasteiger partial charge on any atom is -0.382 e. The summed E-state index contributed by atoms with van der Waals surface area (Å²) in [6.07, 6.45) is -0.519. The standard InChI is InChI=1S/C19H16F3N7OS/c1-2-10-7-29-15(16(23)24-9-25-29)14(10)11-3-5-12(6-4-11)26-17(30)28-18-27-13(8-31-18)19(20,21)22/h3-9H,2H2,1H3,(H2,23,24,25)(H2,26,27,28,30). The lowest BCUT2D eigenvalue weighted by Gasteiger charge is -2.08. The van der Waals surface area contributed by atoms with Crippen LogP contribution in [0.1, 0.15) is 18.2 Å². The van der Waals surface area contributed by atoms with Gasteiger partial charge in [-0.25, -0.2) is 19.3 Å². The van der Waals surface area contributed by atoms with Crippen LogP contribution in [0.2, 0.25) is 0 Å². The van der Waals surface area contributed by atoms with Crippen LogP contribution in [0.25, 0.3) is 16.6 Å². The number of anilines is 3. The Labute approximate surface area is 177 Å². The van der Waals surface area contributed by atoms with Crippen LogP contribution in [-0.2, 0) is 12.6 Å². The minimum absolute atomic E-state index is 0.148. The molecule has 160 valence electrons. The molecular weight excluding hydrogens is 431 g/mol. The Hall–Kier alpha value is -3.67. The third-order valence-corrected chi connectivity index (χ3v) is 5.27. The van der Waals surface area contributed by atoms with Crippen LogP contribution in [0.3, 0.4) is 0 Å².